The number of aromatic nitrogens is 4. The molecule has 12 heteroatoms. The first-order valence-corrected chi connectivity index (χ1v) is 11.1. The second-order valence-electron chi connectivity index (χ2n) is 9.09. The fourth-order valence-corrected chi connectivity index (χ4v) is 4.32. The maximum atomic E-state index is 12.5. The van der Waals surface area contributed by atoms with Crippen molar-refractivity contribution in [2.24, 2.45) is 5.41 Å². The molecule has 2 N–H and O–H groups in total. The van der Waals surface area contributed by atoms with E-state index in [1.54, 1.807) is 0 Å². The second-order valence-corrected chi connectivity index (χ2v) is 9.09. The quantitative estimate of drug-likeness (QED) is 0.689. The fraction of sp³-hybridized carbons (Fsp3) is 0.591. The van der Waals surface area contributed by atoms with Gasteiger partial charge < -0.3 is 15.0 Å². The lowest BCUT2D eigenvalue weighted by molar-refractivity contribution is -0.192. The smallest absolute Gasteiger partial charge is 0.475 e. The van der Waals surface area contributed by atoms with Crippen molar-refractivity contribution < 1.29 is 27.9 Å². The number of rotatable bonds is 4. The molecule has 9 nitrogen and oxygen atoms in total. The Balaban J connectivity index is 0.000000406. The Labute approximate surface area is 195 Å². The van der Waals surface area contributed by atoms with E-state index in [1.807, 2.05) is 32.3 Å². The Morgan fingerprint density at radius 1 is 1.21 bits per heavy atom. The Kier molecular flexibility index (Phi) is 7.90. The third-order valence-electron chi connectivity index (χ3n) is 6.11. The van der Waals surface area contributed by atoms with Gasteiger partial charge in [0.1, 0.15) is 5.82 Å². The normalized spacial score (nSPS) is 17.6. The Hall–Kier alpha value is -3.02. The van der Waals surface area contributed by atoms with Crippen molar-refractivity contribution in [1.82, 2.24) is 30.0 Å². The lowest BCUT2D eigenvalue weighted by Gasteiger charge is -2.44. The number of fused-ring (bicyclic) bond motifs is 1. The molecule has 0 aliphatic carbocycles. The molecule has 2 aromatic heterocycles. The van der Waals surface area contributed by atoms with Gasteiger partial charge in [0.25, 0.3) is 5.91 Å². The predicted octanol–water partition coefficient (Wildman–Crippen LogP) is 2.67. The zero-order chi connectivity index (χ0) is 24.9. The summed E-state index contributed by atoms with van der Waals surface area (Å²) in [4.78, 5) is 28.1. The molecule has 0 atom stereocenters. The number of amides is 1. The van der Waals surface area contributed by atoms with E-state index in [9.17, 15) is 18.0 Å². The van der Waals surface area contributed by atoms with Crippen LogP contribution in [0.1, 0.15) is 55.1 Å². The minimum absolute atomic E-state index is 0.0960. The van der Waals surface area contributed by atoms with Crippen molar-refractivity contribution in [2.45, 2.75) is 64.8 Å². The summed E-state index contributed by atoms with van der Waals surface area (Å²) in [6, 6.07) is 4.24. The van der Waals surface area contributed by atoms with Crippen LogP contribution in [-0.2, 0) is 24.3 Å². The topological polar surface area (TPSA) is 113 Å². The van der Waals surface area contributed by atoms with Crippen LogP contribution in [0.15, 0.2) is 24.5 Å². The van der Waals surface area contributed by atoms with Gasteiger partial charge in [0, 0.05) is 37.9 Å². The molecule has 0 radical (unpaired) electrons. The van der Waals surface area contributed by atoms with Crippen LogP contribution in [0, 0.1) is 5.41 Å². The van der Waals surface area contributed by atoms with Crippen molar-refractivity contribution in [1.29, 1.82) is 0 Å². The highest BCUT2D eigenvalue weighted by molar-refractivity contribution is 5.90. The van der Waals surface area contributed by atoms with Crippen LogP contribution in [0.4, 0.5) is 13.2 Å². The van der Waals surface area contributed by atoms with Crippen LogP contribution < -0.4 is 5.32 Å². The van der Waals surface area contributed by atoms with Gasteiger partial charge in [0.15, 0.2) is 0 Å². The Bertz CT molecular complexity index is 986. The molecule has 1 amide bonds. The third kappa shape index (κ3) is 6.52. The average molecular weight is 483 g/mol. The van der Waals surface area contributed by atoms with Gasteiger partial charge in [-0.3, -0.25) is 14.7 Å². The van der Waals surface area contributed by atoms with Crippen LogP contribution in [0.25, 0.3) is 0 Å². The van der Waals surface area contributed by atoms with Gasteiger partial charge in [-0.1, -0.05) is 6.07 Å². The standard InChI is InChI=1S/C20H28N6O.C2HF3O2/c1-15(2)22-19(27)18-24-23-17-5-6-20(14-26(17)18)7-10-25(11-8-20)13-16-4-3-9-21-12-16;3-2(4,5)1(6)7/h3-4,9,12,15H,5-8,10-11,13-14H2,1-2H3,(H,22,27);(H,6,7). The van der Waals surface area contributed by atoms with Gasteiger partial charge in [-0.05, 0) is 63.2 Å². The van der Waals surface area contributed by atoms with E-state index in [0.717, 1.165) is 57.7 Å². The maximum Gasteiger partial charge on any atom is 0.490 e. The number of carboxylic acids is 1. The monoisotopic (exact) mass is 482 g/mol. The van der Waals surface area contributed by atoms with Gasteiger partial charge in [0.05, 0.1) is 0 Å². The molecule has 1 saturated heterocycles. The molecule has 0 unspecified atom stereocenters. The predicted molar refractivity (Wildman–Crippen MR) is 116 cm³/mol. The minimum Gasteiger partial charge on any atom is -0.475 e. The van der Waals surface area contributed by atoms with E-state index < -0.39 is 12.1 Å². The van der Waals surface area contributed by atoms with Crippen molar-refractivity contribution in [3.63, 3.8) is 0 Å². The van der Waals surface area contributed by atoms with Gasteiger partial charge in [0.2, 0.25) is 5.82 Å². The molecule has 34 heavy (non-hydrogen) atoms. The number of aryl methyl sites for hydroxylation is 1. The van der Waals surface area contributed by atoms with E-state index in [0.29, 0.717) is 5.82 Å². The molecule has 1 spiro atoms. The van der Waals surface area contributed by atoms with Crippen molar-refractivity contribution in [3.8, 4) is 0 Å². The van der Waals surface area contributed by atoms with E-state index in [1.165, 1.54) is 5.56 Å². The SMILES string of the molecule is CC(C)NC(=O)c1nnc2n1CC1(CC2)CCN(Cc2cccnc2)CC1.O=C(O)C(F)(F)F. The summed E-state index contributed by atoms with van der Waals surface area (Å²) >= 11 is 0. The highest BCUT2D eigenvalue weighted by Crippen LogP contribution is 2.41. The molecule has 1 fully saturated rings. The van der Waals surface area contributed by atoms with E-state index in [-0.39, 0.29) is 17.4 Å². The number of pyridine rings is 1. The summed E-state index contributed by atoms with van der Waals surface area (Å²) < 4.78 is 33.8. The number of piperidine rings is 1. The Morgan fingerprint density at radius 2 is 1.88 bits per heavy atom. The summed E-state index contributed by atoms with van der Waals surface area (Å²) in [7, 11) is 0. The second kappa shape index (κ2) is 10.5. The van der Waals surface area contributed by atoms with Crippen molar-refractivity contribution >= 4 is 11.9 Å². The largest absolute Gasteiger partial charge is 0.490 e. The van der Waals surface area contributed by atoms with Crippen molar-refractivity contribution in [3.05, 3.63) is 41.7 Å². The number of carbonyl (C=O) groups is 2. The zero-order valence-electron chi connectivity index (χ0n) is 19.2. The Morgan fingerprint density at radius 3 is 2.44 bits per heavy atom. The number of aliphatic carboxylic acids is 1. The molecule has 186 valence electrons. The summed E-state index contributed by atoms with van der Waals surface area (Å²) in [6.45, 7) is 7.91. The molecule has 2 aliphatic heterocycles. The van der Waals surface area contributed by atoms with Gasteiger partial charge in [-0.2, -0.15) is 13.2 Å². The lowest BCUT2D eigenvalue weighted by atomic mass is 9.73. The van der Waals surface area contributed by atoms with Crippen LogP contribution in [-0.4, -0.2) is 66.9 Å². The number of carbonyl (C=O) groups excluding carboxylic acids is 1. The number of hydrogen-bond donors (Lipinski definition) is 2. The first-order valence-electron chi connectivity index (χ1n) is 11.1. The van der Waals surface area contributed by atoms with Gasteiger partial charge in [-0.15, -0.1) is 10.2 Å². The molecule has 4 rings (SSSR count). The van der Waals surface area contributed by atoms with Crippen molar-refractivity contribution in [2.75, 3.05) is 13.1 Å². The lowest BCUT2D eigenvalue weighted by Crippen LogP contribution is -2.45. The van der Waals surface area contributed by atoms with E-state index in [2.05, 4.69) is 36.0 Å². The number of hydrogen-bond acceptors (Lipinski definition) is 6. The van der Waals surface area contributed by atoms with E-state index >= 15 is 0 Å². The molecule has 4 heterocycles. The summed E-state index contributed by atoms with van der Waals surface area (Å²) in [5, 5.41) is 18.5. The van der Waals surface area contributed by atoms with Gasteiger partial charge >= 0.3 is 12.1 Å². The molecule has 2 aromatic rings. The highest BCUT2D eigenvalue weighted by Gasteiger charge is 2.40. The van der Waals surface area contributed by atoms with Crippen LogP contribution in [0.3, 0.4) is 0 Å². The van der Waals surface area contributed by atoms with Gasteiger partial charge in [-0.25, -0.2) is 4.79 Å². The maximum absolute atomic E-state index is 12.5. The minimum atomic E-state index is -5.08. The molecular weight excluding hydrogens is 453 g/mol. The summed E-state index contributed by atoms with van der Waals surface area (Å²) in [5.74, 6) is -1.45. The molecular formula is C22H29F3N6O3. The van der Waals surface area contributed by atoms with Crippen LogP contribution >= 0.6 is 0 Å². The fourth-order valence-electron chi connectivity index (χ4n) is 4.32. The number of halogens is 3. The molecule has 0 bridgehead atoms. The molecule has 2 aliphatic rings. The number of alkyl halides is 3. The summed E-state index contributed by atoms with van der Waals surface area (Å²) in [6.07, 6.45) is 3.03. The average Bonchev–Trinajstić information content (AvgIpc) is 3.18. The first-order chi connectivity index (χ1) is 16.0. The number of nitrogens with zero attached hydrogens (tertiary/aromatic N) is 5. The van der Waals surface area contributed by atoms with Crippen LogP contribution in [0.5, 0.6) is 0 Å². The zero-order valence-corrected chi connectivity index (χ0v) is 19.2. The molecule has 0 saturated carbocycles. The third-order valence-corrected chi connectivity index (χ3v) is 6.11. The van der Waals surface area contributed by atoms with E-state index in [4.69, 9.17) is 9.90 Å². The number of nitrogens with one attached hydrogen (secondary N) is 1. The summed E-state index contributed by atoms with van der Waals surface area (Å²) in [5.41, 5.74) is 1.53. The number of likely N-dealkylation sites (tertiary alicyclic amines) is 1. The first kappa shape index (κ1) is 25.6. The highest BCUT2D eigenvalue weighted by atomic mass is 19.4. The molecule has 0 aromatic carbocycles. The van der Waals surface area contributed by atoms with Crippen LogP contribution in [0.2, 0.25) is 0 Å². The number of carboxylic acid groups (broad SMARTS) is 1.